The Kier molecular flexibility index (Phi) is 11.8. The Morgan fingerprint density at radius 3 is 1.89 bits per heavy atom. The van der Waals surface area contributed by atoms with Gasteiger partial charge in [-0.2, -0.15) is 35.4 Å². The van der Waals surface area contributed by atoms with Crippen molar-refractivity contribution in [2.24, 2.45) is 0 Å². The van der Waals surface area contributed by atoms with Crippen molar-refractivity contribution in [2.45, 2.75) is 52.4 Å². The van der Waals surface area contributed by atoms with Gasteiger partial charge in [0.05, 0.1) is 0 Å². The maximum atomic E-state index is 2.25. The first-order valence-electron chi connectivity index (χ1n) is 7.28. The maximum Gasteiger partial charge on any atom is 2.00 e. The summed E-state index contributed by atoms with van der Waals surface area (Å²) in [5.74, 6) is 0. The van der Waals surface area contributed by atoms with Crippen molar-refractivity contribution in [3.63, 3.8) is 0 Å². The molecule has 0 unspecified atom stereocenters. The van der Waals surface area contributed by atoms with Crippen LogP contribution in [0.4, 0.5) is 0 Å². The van der Waals surface area contributed by atoms with E-state index in [2.05, 4.69) is 62.4 Å². The molecule has 1 heteroatoms. The Balaban J connectivity index is 0.000000352. The summed E-state index contributed by atoms with van der Waals surface area (Å²) < 4.78 is 0. The van der Waals surface area contributed by atoms with Gasteiger partial charge in [-0.3, -0.25) is 0 Å². The summed E-state index contributed by atoms with van der Waals surface area (Å²) in [7, 11) is 0. The van der Waals surface area contributed by atoms with E-state index in [1.54, 1.807) is 0 Å². The van der Waals surface area contributed by atoms with Crippen LogP contribution in [0.15, 0.2) is 48.5 Å². The Labute approximate surface area is 129 Å². The minimum atomic E-state index is 0. The first-order chi connectivity index (χ1) is 8.86. The summed E-state index contributed by atoms with van der Waals surface area (Å²) in [6.07, 6.45) is 7.90. The first-order valence-corrected chi connectivity index (χ1v) is 7.28. The molecule has 0 spiro atoms. The fourth-order valence-electron chi connectivity index (χ4n) is 1.99. The molecular weight excluding hydrogens is 272 g/mol. The molecule has 0 aliphatic carbocycles. The molecule has 0 fully saturated rings. The molecule has 0 amide bonds. The molecule has 2 aromatic rings. The first kappa shape index (κ1) is 18.2. The standard InChI is InChI=1S/C11H17.C7H9.Fe/c1-2-3-4-5-8-11-9-6-7-10-11;1-2-7-5-3-4-6-7;/h6-7,9-10H,2-5,8H2,1H3;3-6H,2H2,1H3;/q2*-1;+2. The van der Waals surface area contributed by atoms with Gasteiger partial charge >= 0.3 is 17.1 Å². The number of unbranched alkanes of at least 4 members (excludes halogenated alkanes) is 3. The van der Waals surface area contributed by atoms with Crippen LogP contribution in [0.5, 0.6) is 0 Å². The average Bonchev–Trinajstić information content (AvgIpc) is 3.08. The molecule has 0 aromatic heterocycles. The van der Waals surface area contributed by atoms with Gasteiger partial charge in [-0.1, -0.05) is 52.4 Å². The zero-order valence-electron chi connectivity index (χ0n) is 12.2. The summed E-state index contributed by atoms with van der Waals surface area (Å²) in [5.41, 5.74) is 2.93. The molecular formula is C18H26Fe. The van der Waals surface area contributed by atoms with E-state index in [1.165, 1.54) is 43.2 Å². The van der Waals surface area contributed by atoms with E-state index >= 15 is 0 Å². The van der Waals surface area contributed by atoms with Crippen LogP contribution in [0.25, 0.3) is 0 Å². The van der Waals surface area contributed by atoms with Crippen LogP contribution in [0, 0.1) is 0 Å². The SMILES string of the molecule is CCCCCCc1ccc[cH-]1.CCc1ccc[cH-]1.[Fe+2]. The number of aryl methyl sites for hydroxylation is 2. The maximum absolute atomic E-state index is 2.25. The van der Waals surface area contributed by atoms with Crippen LogP contribution in [0.1, 0.15) is 50.7 Å². The molecule has 106 valence electrons. The third kappa shape index (κ3) is 8.86. The molecule has 2 rings (SSSR count). The molecule has 0 aliphatic heterocycles. The summed E-state index contributed by atoms with van der Waals surface area (Å²) in [5, 5.41) is 0. The number of hydrogen-bond acceptors (Lipinski definition) is 0. The van der Waals surface area contributed by atoms with Gasteiger partial charge in [-0.05, 0) is 0 Å². The zero-order valence-corrected chi connectivity index (χ0v) is 13.3. The van der Waals surface area contributed by atoms with Crippen LogP contribution in [0.3, 0.4) is 0 Å². The zero-order chi connectivity index (χ0) is 13.1. The fraction of sp³-hybridized carbons (Fsp3) is 0.444. The predicted octanol–water partition coefficient (Wildman–Crippen LogP) is 5.49. The van der Waals surface area contributed by atoms with Gasteiger partial charge in [-0.15, -0.1) is 0 Å². The molecule has 0 atom stereocenters. The number of rotatable bonds is 6. The molecule has 0 radical (unpaired) electrons. The van der Waals surface area contributed by atoms with E-state index < -0.39 is 0 Å². The van der Waals surface area contributed by atoms with Crippen molar-refractivity contribution in [2.75, 3.05) is 0 Å². The molecule has 0 N–H and O–H groups in total. The third-order valence-electron chi connectivity index (χ3n) is 3.19. The van der Waals surface area contributed by atoms with E-state index in [4.69, 9.17) is 0 Å². The fourth-order valence-corrected chi connectivity index (χ4v) is 1.99. The molecule has 0 heterocycles. The van der Waals surface area contributed by atoms with E-state index in [1.807, 2.05) is 0 Å². The Morgan fingerprint density at radius 2 is 1.47 bits per heavy atom. The van der Waals surface area contributed by atoms with Crippen LogP contribution in [0.2, 0.25) is 0 Å². The second-order valence-corrected chi connectivity index (χ2v) is 4.75. The van der Waals surface area contributed by atoms with Gasteiger partial charge < -0.3 is 0 Å². The molecule has 0 saturated heterocycles. The van der Waals surface area contributed by atoms with Gasteiger partial charge in [-0.25, -0.2) is 24.3 Å². The monoisotopic (exact) mass is 298 g/mol. The molecule has 2 aromatic carbocycles. The normalized spacial score (nSPS) is 9.37. The number of hydrogen-bond donors (Lipinski definition) is 0. The van der Waals surface area contributed by atoms with E-state index in [-0.39, 0.29) is 17.1 Å². The van der Waals surface area contributed by atoms with Crippen molar-refractivity contribution in [1.82, 2.24) is 0 Å². The quantitative estimate of drug-likeness (QED) is 0.375. The minimum Gasteiger partial charge on any atom is -0.213 e. The van der Waals surface area contributed by atoms with Crippen molar-refractivity contribution in [3.8, 4) is 0 Å². The average molecular weight is 298 g/mol. The van der Waals surface area contributed by atoms with Gasteiger partial charge in [0, 0.05) is 0 Å². The van der Waals surface area contributed by atoms with E-state index in [9.17, 15) is 0 Å². The molecule has 19 heavy (non-hydrogen) atoms. The Bertz CT molecular complexity index is 356. The third-order valence-corrected chi connectivity index (χ3v) is 3.19. The summed E-state index contributed by atoms with van der Waals surface area (Å²) >= 11 is 0. The predicted molar refractivity (Wildman–Crippen MR) is 81.3 cm³/mol. The Morgan fingerprint density at radius 1 is 0.842 bits per heavy atom. The van der Waals surface area contributed by atoms with E-state index in [0.717, 1.165) is 6.42 Å². The second kappa shape index (κ2) is 12.3. The van der Waals surface area contributed by atoms with Gasteiger partial charge in [0.15, 0.2) is 0 Å². The largest absolute Gasteiger partial charge is 2.00 e. The molecule has 0 aliphatic rings. The molecule has 0 nitrogen and oxygen atoms in total. The molecule has 0 saturated carbocycles. The topological polar surface area (TPSA) is 0 Å². The summed E-state index contributed by atoms with van der Waals surface area (Å²) in [6, 6.07) is 17.1. The van der Waals surface area contributed by atoms with Crippen molar-refractivity contribution < 1.29 is 17.1 Å². The van der Waals surface area contributed by atoms with Gasteiger partial charge in [0.2, 0.25) is 0 Å². The van der Waals surface area contributed by atoms with Gasteiger partial charge in [0.1, 0.15) is 0 Å². The van der Waals surface area contributed by atoms with Crippen molar-refractivity contribution in [3.05, 3.63) is 59.7 Å². The van der Waals surface area contributed by atoms with Crippen LogP contribution in [-0.2, 0) is 29.9 Å². The van der Waals surface area contributed by atoms with Crippen LogP contribution in [-0.4, -0.2) is 0 Å². The summed E-state index contributed by atoms with van der Waals surface area (Å²) in [4.78, 5) is 0. The van der Waals surface area contributed by atoms with Crippen LogP contribution < -0.4 is 0 Å². The minimum absolute atomic E-state index is 0. The van der Waals surface area contributed by atoms with Crippen molar-refractivity contribution >= 4 is 0 Å². The van der Waals surface area contributed by atoms with E-state index in [0.29, 0.717) is 0 Å². The van der Waals surface area contributed by atoms with Crippen molar-refractivity contribution in [1.29, 1.82) is 0 Å². The molecule has 0 bridgehead atoms. The van der Waals surface area contributed by atoms with Crippen LogP contribution >= 0.6 is 0 Å². The smallest absolute Gasteiger partial charge is 0.213 e. The Hall–Kier alpha value is -0.781. The summed E-state index contributed by atoms with van der Waals surface area (Å²) in [6.45, 7) is 4.41. The second-order valence-electron chi connectivity index (χ2n) is 4.75. The van der Waals surface area contributed by atoms with Gasteiger partial charge in [0.25, 0.3) is 0 Å².